The zero-order valence-electron chi connectivity index (χ0n) is 22.0. The Bertz CT molecular complexity index is 821. The van der Waals surface area contributed by atoms with Gasteiger partial charge in [0.15, 0.2) is 11.5 Å². The van der Waals surface area contributed by atoms with Gasteiger partial charge in [-0.25, -0.2) is 4.79 Å². The van der Waals surface area contributed by atoms with E-state index in [1.165, 1.54) is 17.2 Å². The number of allylic oxidation sites excluding steroid dienone is 3. The molecule has 0 spiro atoms. The van der Waals surface area contributed by atoms with Gasteiger partial charge >= 0.3 is 5.97 Å². The summed E-state index contributed by atoms with van der Waals surface area (Å²) in [7, 11) is 1.61. The molecule has 0 fully saturated rings. The fraction of sp³-hybridized carbons (Fsp3) is 0.552. The lowest BCUT2D eigenvalue weighted by molar-refractivity contribution is -0.138. The lowest BCUT2D eigenvalue weighted by atomic mass is 9.84. The minimum absolute atomic E-state index is 0.290. The van der Waals surface area contributed by atoms with E-state index >= 15 is 0 Å². The predicted octanol–water partition coefficient (Wildman–Crippen LogP) is 7.79. The molecule has 1 atom stereocenters. The summed E-state index contributed by atoms with van der Waals surface area (Å²) in [5.41, 5.74) is 3.79. The largest absolute Gasteiger partial charge is 0.493 e. The first-order chi connectivity index (χ1) is 15.5. The molecule has 1 rings (SSSR count). The summed E-state index contributed by atoms with van der Waals surface area (Å²) < 4.78 is 16.7. The molecule has 0 radical (unpaired) electrons. The Kier molecular flexibility index (Phi) is 12.6. The molecule has 1 unspecified atom stereocenters. The topological polar surface area (TPSA) is 44.8 Å². The maximum atomic E-state index is 12.0. The molecule has 0 saturated carbocycles. The van der Waals surface area contributed by atoms with Crippen LogP contribution in [0, 0.1) is 11.3 Å². The van der Waals surface area contributed by atoms with Crippen LogP contribution < -0.4 is 9.47 Å². The Morgan fingerprint density at radius 3 is 2.45 bits per heavy atom. The lowest BCUT2D eigenvalue weighted by Crippen LogP contribution is -2.13. The van der Waals surface area contributed by atoms with Gasteiger partial charge in [-0.05, 0) is 87.6 Å². The fourth-order valence-electron chi connectivity index (χ4n) is 3.59. The van der Waals surface area contributed by atoms with E-state index in [0.29, 0.717) is 36.0 Å². The van der Waals surface area contributed by atoms with Gasteiger partial charge in [-0.15, -0.1) is 0 Å². The molecule has 0 bridgehead atoms. The highest BCUT2D eigenvalue weighted by molar-refractivity contribution is 5.87. The summed E-state index contributed by atoms with van der Waals surface area (Å²) in [6.45, 7) is 16.2. The summed E-state index contributed by atoms with van der Waals surface area (Å²) in [4.78, 5) is 12.0. The molecule has 4 heteroatoms. The van der Waals surface area contributed by atoms with E-state index in [1.54, 1.807) is 13.2 Å². The minimum Gasteiger partial charge on any atom is -0.493 e. The Morgan fingerprint density at radius 1 is 1.09 bits per heavy atom. The molecule has 0 saturated heterocycles. The molecule has 0 aromatic heterocycles. The molecule has 0 aliphatic carbocycles. The third-order valence-electron chi connectivity index (χ3n) is 5.18. The Hall–Kier alpha value is -2.49. The van der Waals surface area contributed by atoms with Crippen molar-refractivity contribution < 1.29 is 19.0 Å². The van der Waals surface area contributed by atoms with Crippen LogP contribution in [-0.2, 0) is 9.53 Å². The van der Waals surface area contributed by atoms with E-state index in [-0.39, 0.29) is 5.97 Å². The predicted molar refractivity (Wildman–Crippen MR) is 139 cm³/mol. The van der Waals surface area contributed by atoms with Gasteiger partial charge in [0.2, 0.25) is 0 Å². The van der Waals surface area contributed by atoms with Gasteiger partial charge in [0, 0.05) is 6.08 Å². The smallest absolute Gasteiger partial charge is 0.330 e. The zero-order chi connectivity index (χ0) is 24.9. The van der Waals surface area contributed by atoms with E-state index in [4.69, 9.17) is 14.2 Å². The average molecular weight is 457 g/mol. The van der Waals surface area contributed by atoms with Crippen LogP contribution in [0.2, 0.25) is 0 Å². The van der Waals surface area contributed by atoms with Crippen LogP contribution in [0.4, 0.5) is 0 Å². The van der Waals surface area contributed by atoms with Gasteiger partial charge < -0.3 is 14.2 Å². The van der Waals surface area contributed by atoms with Crippen molar-refractivity contribution in [1.82, 2.24) is 0 Å². The van der Waals surface area contributed by atoms with Gasteiger partial charge in [-0.3, -0.25) is 0 Å². The number of carbonyl (C=O) groups is 1. The Balaban J connectivity index is 2.54. The van der Waals surface area contributed by atoms with Crippen molar-refractivity contribution in [3.05, 3.63) is 53.1 Å². The van der Waals surface area contributed by atoms with Crippen molar-refractivity contribution in [2.24, 2.45) is 11.3 Å². The maximum Gasteiger partial charge on any atom is 0.330 e. The molecule has 4 nitrogen and oxygen atoms in total. The highest BCUT2D eigenvalue weighted by Crippen LogP contribution is 2.29. The van der Waals surface area contributed by atoms with E-state index in [1.807, 2.05) is 18.2 Å². The molecule has 184 valence electrons. The highest BCUT2D eigenvalue weighted by Gasteiger charge is 2.15. The molecule has 0 heterocycles. The average Bonchev–Trinajstić information content (AvgIpc) is 2.71. The summed E-state index contributed by atoms with van der Waals surface area (Å²) in [5.74, 6) is 1.51. The molecule has 33 heavy (non-hydrogen) atoms. The lowest BCUT2D eigenvalue weighted by Gasteiger charge is -2.22. The summed E-state index contributed by atoms with van der Waals surface area (Å²) in [6.07, 6.45) is 11.6. The first-order valence-corrected chi connectivity index (χ1v) is 11.9. The molecule has 1 aromatic rings. The van der Waals surface area contributed by atoms with Crippen molar-refractivity contribution in [3.8, 4) is 11.5 Å². The number of hydrogen-bond acceptors (Lipinski definition) is 4. The number of rotatable bonds is 13. The van der Waals surface area contributed by atoms with Crippen LogP contribution in [0.15, 0.2) is 47.6 Å². The Labute approximate surface area is 201 Å². The van der Waals surface area contributed by atoms with Crippen LogP contribution in [-0.4, -0.2) is 26.3 Å². The number of esters is 1. The zero-order valence-corrected chi connectivity index (χ0v) is 22.0. The van der Waals surface area contributed by atoms with E-state index < -0.39 is 0 Å². The molecular weight excluding hydrogens is 412 g/mol. The maximum absolute atomic E-state index is 12.0. The second-order valence-corrected chi connectivity index (χ2v) is 10.3. The second kappa shape index (κ2) is 14.6. The molecule has 0 N–H and O–H groups in total. The SMILES string of the molecule is COc1cc(/C=C/C(=O)OCCC(C)CC(C)(C)C)ccc1OC/C=C(/C)CCC=C(C)C. The normalized spacial score (nSPS) is 13.0. The van der Waals surface area contributed by atoms with Gasteiger partial charge in [0.25, 0.3) is 0 Å². The summed E-state index contributed by atoms with van der Waals surface area (Å²) in [5, 5.41) is 0. The first-order valence-electron chi connectivity index (χ1n) is 11.9. The number of carbonyl (C=O) groups excluding carboxylic acids is 1. The summed E-state index contributed by atoms with van der Waals surface area (Å²) in [6, 6.07) is 5.62. The van der Waals surface area contributed by atoms with Crippen molar-refractivity contribution in [1.29, 1.82) is 0 Å². The van der Waals surface area contributed by atoms with Crippen molar-refractivity contribution in [3.63, 3.8) is 0 Å². The number of ether oxygens (including phenoxy) is 3. The van der Waals surface area contributed by atoms with Crippen LogP contribution in [0.5, 0.6) is 11.5 Å². The van der Waals surface area contributed by atoms with Gasteiger partial charge in [-0.1, -0.05) is 51.0 Å². The second-order valence-electron chi connectivity index (χ2n) is 10.3. The minimum atomic E-state index is -0.328. The molecule has 0 aliphatic rings. The molecule has 1 aromatic carbocycles. The fourth-order valence-corrected chi connectivity index (χ4v) is 3.59. The molecular formula is C29H44O4. The Morgan fingerprint density at radius 2 is 1.82 bits per heavy atom. The van der Waals surface area contributed by atoms with Gasteiger partial charge in [0.1, 0.15) is 6.61 Å². The van der Waals surface area contributed by atoms with E-state index in [2.05, 4.69) is 60.6 Å². The monoisotopic (exact) mass is 456 g/mol. The first kappa shape index (κ1) is 28.5. The van der Waals surface area contributed by atoms with Crippen molar-refractivity contribution >= 4 is 12.0 Å². The van der Waals surface area contributed by atoms with Crippen LogP contribution in [0.3, 0.4) is 0 Å². The molecule has 0 amide bonds. The van der Waals surface area contributed by atoms with Crippen molar-refractivity contribution in [2.45, 2.75) is 74.1 Å². The number of hydrogen-bond donors (Lipinski definition) is 0. The number of methoxy groups -OCH3 is 1. The quantitative estimate of drug-likeness (QED) is 0.173. The van der Waals surface area contributed by atoms with Crippen LogP contribution in [0.25, 0.3) is 6.08 Å². The standard InChI is InChI=1S/C29H44O4/c1-22(2)10-9-11-23(3)16-18-32-26-14-12-25(20-27(26)31-8)13-15-28(30)33-19-17-24(4)21-29(5,6)7/h10,12-16,20,24H,9,11,17-19,21H2,1-8H3/b15-13+,23-16-. The van der Waals surface area contributed by atoms with E-state index in [0.717, 1.165) is 31.2 Å². The highest BCUT2D eigenvalue weighted by atomic mass is 16.5. The van der Waals surface area contributed by atoms with Gasteiger partial charge in [0.05, 0.1) is 13.7 Å². The van der Waals surface area contributed by atoms with Crippen LogP contribution in [0.1, 0.15) is 79.7 Å². The van der Waals surface area contributed by atoms with E-state index in [9.17, 15) is 4.79 Å². The third-order valence-corrected chi connectivity index (χ3v) is 5.18. The van der Waals surface area contributed by atoms with Gasteiger partial charge in [-0.2, -0.15) is 0 Å². The van der Waals surface area contributed by atoms with Crippen LogP contribution >= 0.6 is 0 Å². The number of benzene rings is 1. The summed E-state index contributed by atoms with van der Waals surface area (Å²) >= 11 is 0. The molecule has 0 aliphatic heterocycles. The third kappa shape index (κ3) is 13.6. The van der Waals surface area contributed by atoms with Crippen molar-refractivity contribution in [2.75, 3.05) is 20.3 Å².